The van der Waals surface area contributed by atoms with Crippen molar-refractivity contribution in [2.24, 2.45) is 17.6 Å². The predicted octanol–water partition coefficient (Wildman–Crippen LogP) is 0.997. The van der Waals surface area contributed by atoms with Crippen molar-refractivity contribution in [1.82, 2.24) is 4.90 Å². The van der Waals surface area contributed by atoms with Crippen LogP contribution in [0, 0.1) is 17.2 Å². The zero-order chi connectivity index (χ0) is 23.8. The first-order valence-electron chi connectivity index (χ1n) is 10.0. The average molecular weight is 449 g/mol. The minimum Gasteiger partial charge on any atom is -0.479 e. The molecule has 1 aliphatic carbocycles. The summed E-state index contributed by atoms with van der Waals surface area (Å²) in [7, 11) is 1.53. The number of aliphatic carboxylic acids is 2. The normalized spacial score (nSPS) is 17.8. The fourth-order valence-corrected chi connectivity index (χ4v) is 3.54. The number of carbonyl (C=O) groups is 4. The maximum Gasteiger partial charge on any atom is 0.341 e. The van der Waals surface area contributed by atoms with Crippen molar-refractivity contribution in [2.45, 2.75) is 25.7 Å². The summed E-state index contributed by atoms with van der Waals surface area (Å²) in [5, 5.41) is 25.1. The van der Waals surface area contributed by atoms with Gasteiger partial charge in [0.05, 0.1) is 12.4 Å². The molecule has 1 amide bonds. The molecule has 0 bridgehead atoms. The van der Waals surface area contributed by atoms with Crippen molar-refractivity contribution in [3.05, 3.63) is 23.8 Å². The highest BCUT2D eigenvalue weighted by atomic mass is 16.5. The first-order valence-corrected chi connectivity index (χ1v) is 10.0. The average Bonchev–Trinajstić information content (AvgIpc) is 2.75. The Kier molecular flexibility index (Phi) is 8.56. The summed E-state index contributed by atoms with van der Waals surface area (Å²) in [6, 6.07) is 3.97. The van der Waals surface area contributed by atoms with Crippen LogP contribution < -0.4 is 15.2 Å². The molecule has 5 N–H and O–H groups in total. The second-order valence-corrected chi connectivity index (χ2v) is 7.65. The van der Waals surface area contributed by atoms with Crippen molar-refractivity contribution < 1.29 is 38.9 Å². The molecule has 0 spiro atoms. The SMILES string of the molecule is CN(CC(=O)c1ccc(OCC(=O)O)c(OCC(=O)O)c1)C(=O)[C@H]1CC[C@H](C(=N)N)CC1. The van der Waals surface area contributed by atoms with Crippen LogP contribution in [0.2, 0.25) is 0 Å². The van der Waals surface area contributed by atoms with E-state index in [4.69, 9.17) is 30.8 Å². The van der Waals surface area contributed by atoms with Gasteiger partial charge < -0.3 is 30.3 Å². The lowest BCUT2D eigenvalue weighted by molar-refractivity contribution is -0.140. The number of hydrogen-bond donors (Lipinski definition) is 4. The van der Waals surface area contributed by atoms with E-state index in [0.29, 0.717) is 25.7 Å². The molecule has 11 heteroatoms. The molecular formula is C21H27N3O8. The molecule has 0 atom stereocenters. The monoisotopic (exact) mass is 449 g/mol. The van der Waals surface area contributed by atoms with Gasteiger partial charge in [-0.2, -0.15) is 0 Å². The van der Waals surface area contributed by atoms with Crippen molar-refractivity contribution in [2.75, 3.05) is 26.8 Å². The smallest absolute Gasteiger partial charge is 0.341 e. The fourth-order valence-electron chi connectivity index (χ4n) is 3.54. The molecule has 0 heterocycles. The van der Waals surface area contributed by atoms with E-state index < -0.39 is 30.9 Å². The van der Waals surface area contributed by atoms with Gasteiger partial charge in [-0.1, -0.05) is 0 Å². The molecular weight excluding hydrogens is 422 g/mol. The number of nitrogens with two attached hydrogens (primary N) is 1. The van der Waals surface area contributed by atoms with E-state index in [0.717, 1.165) is 0 Å². The Morgan fingerprint density at radius 2 is 1.53 bits per heavy atom. The Labute approximate surface area is 184 Å². The maximum atomic E-state index is 12.7. The molecule has 0 saturated heterocycles. The first kappa shape index (κ1) is 24.6. The number of carboxylic acids is 2. The molecule has 1 aromatic carbocycles. The number of ketones is 1. The summed E-state index contributed by atoms with van der Waals surface area (Å²) in [6.45, 7) is -1.57. The van der Waals surface area contributed by atoms with Crippen molar-refractivity contribution >= 4 is 29.5 Å². The number of carbonyl (C=O) groups excluding carboxylic acids is 2. The van der Waals surface area contributed by atoms with Crippen LogP contribution in [0.3, 0.4) is 0 Å². The van der Waals surface area contributed by atoms with Crippen LogP contribution in [0.5, 0.6) is 11.5 Å². The molecule has 1 aliphatic rings. The van der Waals surface area contributed by atoms with E-state index in [1.807, 2.05) is 0 Å². The summed E-state index contributed by atoms with van der Waals surface area (Å²) < 4.78 is 10.2. The Morgan fingerprint density at radius 1 is 1.00 bits per heavy atom. The standard InChI is InChI=1S/C21H27N3O8/c1-24(21(30)13-4-2-12(3-5-13)20(22)23)9-15(25)14-6-7-16(31-10-18(26)27)17(8-14)32-11-19(28)29/h6-8,12-13H,2-5,9-11H2,1H3,(H3,22,23)(H,26,27)(H,28,29)/t12-,13-. The number of nitrogens with one attached hydrogen (secondary N) is 1. The third kappa shape index (κ3) is 6.96. The van der Waals surface area contributed by atoms with Crippen LogP contribution in [0.4, 0.5) is 0 Å². The topological polar surface area (TPSA) is 180 Å². The van der Waals surface area contributed by atoms with E-state index in [1.165, 1.54) is 30.1 Å². The molecule has 0 radical (unpaired) electrons. The van der Waals surface area contributed by atoms with Gasteiger partial charge in [0, 0.05) is 24.4 Å². The van der Waals surface area contributed by atoms with E-state index in [1.54, 1.807) is 0 Å². The van der Waals surface area contributed by atoms with Gasteiger partial charge in [0.25, 0.3) is 0 Å². The Hall–Kier alpha value is -3.63. The lowest BCUT2D eigenvalue weighted by Crippen LogP contribution is -2.39. The Bertz CT molecular complexity index is 893. The number of likely N-dealkylation sites (N-methyl/N-ethyl adjacent to an activating group) is 1. The molecule has 11 nitrogen and oxygen atoms in total. The molecule has 1 aromatic rings. The van der Waals surface area contributed by atoms with Crippen LogP contribution >= 0.6 is 0 Å². The summed E-state index contributed by atoms with van der Waals surface area (Å²) in [6.07, 6.45) is 2.53. The van der Waals surface area contributed by atoms with Gasteiger partial charge in [-0.3, -0.25) is 15.0 Å². The van der Waals surface area contributed by atoms with Gasteiger partial charge in [-0.05, 0) is 43.9 Å². The fraction of sp³-hybridized carbons (Fsp3) is 0.476. The molecule has 174 valence electrons. The summed E-state index contributed by atoms with van der Waals surface area (Å²) >= 11 is 0. The third-order valence-corrected chi connectivity index (χ3v) is 5.24. The largest absolute Gasteiger partial charge is 0.479 e. The predicted molar refractivity (Wildman–Crippen MR) is 112 cm³/mol. The summed E-state index contributed by atoms with van der Waals surface area (Å²) in [5.74, 6) is -3.25. The van der Waals surface area contributed by atoms with Gasteiger partial charge in [0.1, 0.15) is 0 Å². The van der Waals surface area contributed by atoms with Crippen molar-refractivity contribution in [1.29, 1.82) is 5.41 Å². The number of hydrogen-bond acceptors (Lipinski definition) is 7. The highest BCUT2D eigenvalue weighted by molar-refractivity contribution is 6.00. The van der Waals surface area contributed by atoms with E-state index in [-0.39, 0.29) is 47.2 Å². The number of ether oxygens (including phenoxy) is 2. The highest BCUT2D eigenvalue weighted by Crippen LogP contribution is 2.31. The molecule has 32 heavy (non-hydrogen) atoms. The number of amidine groups is 1. The van der Waals surface area contributed by atoms with Crippen LogP contribution in [0.25, 0.3) is 0 Å². The molecule has 0 aliphatic heterocycles. The lowest BCUT2D eigenvalue weighted by atomic mass is 9.81. The van der Waals surface area contributed by atoms with Gasteiger partial charge in [-0.25, -0.2) is 9.59 Å². The Balaban J connectivity index is 2.05. The van der Waals surface area contributed by atoms with E-state index in [2.05, 4.69) is 0 Å². The molecule has 0 aromatic heterocycles. The van der Waals surface area contributed by atoms with Crippen LogP contribution in [-0.4, -0.2) is 71.4 Å². The van der Waals surface area contributed by atoms with Gasteiger partial charge in [-0.15, -0.1) is 0 Å². The number of amides is 1. The maximum absolute atomic E-state index is 12.7. The van der Waals surface area contributed by atoms with Crippen LogP contribution in [0.15, 0.2) is 18.2 Å². The second kappa shape index (κ2) is 11.1. The van der Waals surface area contributed by atoms with Gasteiger partial charge in [0.15, 0.2) is 30.5 Å². The minimum absolute atomic E-state index is 0.00271. The zero-order valence-corrected chi connectivity index (χ0v) is 17.7. The number of nitrogens with zero attached hydrogens (tertiary/aromatic N) is 1. The molecule has 2 rings (SSSR count). The number of benzene rings is 1. The van der Waals surface area contributed by atoms with Crippen LogP contribution in [0.1, 0.15) is 36.0 Å². The number of carboxylic acid groups (broad SMARTS) is 2. The number of rotatable bonds is 11. The van der Waals surface area contributed by atoms with E-state index in [9.17, 15) is 19.2 Å². The minimum atomic E-state index is -1.25. The summed E-state index contributed by atoms with van der Waals surface area (Å²) in [4.78, 5) is 48.3. The van der Waals surface area contributed by atoms with Crippen molar-refractivity contribution in [3.8, 4) is 11.5 Å². The second-order valence-electron chi connectivity index (χ2n) is 7.65. The lowest BCUT2D eigenvalue weighted by Gasteiger charge is -2.29. The first-order chi connectivity index (χ1) is 15.1. The molecule has 1 fully saturated rings. The zero-order valence-electron chi connectivity index (χ0n) is 17.7. The highest BCUT2D eigenvalue weighted by Gasteiger charge is 2.30. The van der Waals surface area contributed by atoms with Crippen molar-refractivity contribution in [3.63, 3.8) is 0 Å². The van der Waals surface area contributed by atoms with Crippen LogP contribution in [-0.2, 0) is 14.4 Å². The van der Waals surface area contributed by atoms with Gasteiger partial charge in [0.2, 0.25) is 5.91 Å². The number of Topliss-reactive ketones (excluding diaryl/α,β-unsaturated/α-hetero) is 1. The summed E-state index contributed by atoms with van der Waals surface area (Å²) in [5.41, 5.74) is 5.70. The third-order valence-electron chi connectivity index (χ3n) is 5.24. The quantitative estimate of drug-likeness (QED) is 0.218. The van der Waals surface area contributed by atoms with Gasteiger partial charge >= 0.3 is 11.9 Å². The Morgan fingerprint density at radius 3 is 2.06 bits per heavy atom. The van der Waals surface area contributed by atoms with E-state index >= 15 is 0 Å². The molecule has 1 saturated carbocycles. The molecule has 0 unspecified atom stereocenters.